The topological polar surface area (TPSA) is 82.0 Å². The van der Waals surface area contributed by atoms with Crippen molar-refractivity contribution in [3.05, 3.63) is 65.8 Å². The first-order valence-electron chi connectivity index (χ1n) is 12.1. The molecule has 0 N–H and O–H groups in total. The van der Waals surface area contributed by atoms with Gasteiger partial charge in [0.05, 0.1) is 23.9 Å². The van der Waals surface area contributed by atoms with Crippen LogP contribution in [-0.4, -0.2) is 71.7 Å². The molecule has 3 heterocycles. The Hall–Kier alpha value is -3.96. The summed E-state index contributed by atoms with van der Waals surface area (Å²) in [5, 5.41) is 9.27. The highest BCUT2D eigenvalue weighted by Gasteiger charge is 2.22. The Labute approximate surface area is 212 Å². The summed E-state index contributed by atoms with van der Waals surface area (Å²) in [5.74, 6) is 1.21. The number of allylic oxidation sites excluding steroid dienone is 3. The lowest BCUT2D eigenvalue weighted by Crippen LogP contribution is -2.35. The van der Waals surface area contributed by atoms with Crippen LogP contribution in [0, 0.1) is 17.2 Å². The van der Waals surface area contributed by atoms with E-state index in [0.29, 0.717) is 24.1 Å². The molecule has 3 aromatic rings. The summed E-state index contributed by atoms with van der Waals surface area (Å²) in [5.41, 5.74) is 4.88. The van der Waals surface area contributed by atoms with E-state index in [0.717, 1.165) is 53.4 Å². The van der Waals surface area contributed by atoms with E-state index in [2.05, 4.69) is 34.7 Å². The Bertz CT molecular complexity index is 1330. The number of aromatic nitrogens is 3. The van der Waals surface area contributed by atoms with Crippen LogP contribution in [0.1, 0.15) is 30.9 Å². The molecular weight excluding hydrogens is 450 g/mol. The number of likely N-dealkylation sites (tertiary alicyclic amines) is 1. The Morgan fingerprint density at radius 3 is 2.75 bits per heavy atom. The van der Waals surface area contributed by atoms with Crippen LogP contribution in [0.5, 0.6) is 6.01 Å². The van der Waals surface area contributed by atoms with Crippen LogP contribution in [0.25, 0.3) is 22.5 Å². The van der Waals surface area contributed by atoms with Crippen molar-refractivity contribution < 1.29 is 4.74 Å². The molecule has 1 saturated heterocycles. The summed E-state index contributed by atoms with van der Waals surface area (Å²) >= 11 is 0. The maximum absolute atomic E-state index is 9.27. The molecule has 2 aromatic heterocycles. The number of rotatable bonds is 8. The van der Waals surface area contributed by atoms with E-state index >= 15 is 0 Å². The highest BCUT2D eigenvalue weighted by molar-refractivity contribution is 5.87. The quantitative estimate of drug-likeness (QED) is 0.347. The van der Waals surface area contributed by atoms with Crippen molar-refractivity contribution in [1.82, 2.24) is 24.2 Å². The van der Waals surface area contributed by atoms with E-state index < -0.39 is 0 Å². The fourth-order valence-electron chi connectivity index (χ4n) is 4.56. The molecule has 1 atom stereocenters. The Morgan fingerprint density at radius 2 is 2.08 bits per heavy atom. The molecule has 0 saturated carbocycles. The van der Waals surface area contributed by atoms with Gasteiger partial charge in [-0.05, 0) is 63.9 Å². The number of ether oxygens (including phenoxy) is 1. The van der Waals surface area contributed by atoms with Gasteiger partial charge in [0.1, 0.15) is 5.82 Å². The molecule has 1 fully saturated rings. The summed E-state index contributed by atoms with van der Waals surface area (Å²) in [7, 11) is 6.01. The maximum Gasteiger partial charge on any atom is 0.302 e. The smallest absolute Gasteiger partial charge is 0.302 e. The highest BCUT2D eigenvalue weighted by Crippen LogP contribution is 2.33. The minimum Gasteiger partial charge on any atom is -0.464 e. The fourth-order valence-corrected chi connectivity index (χ4v) is 4.56. The largest absolute Gasteiger partial charge is 0.464 e. The molecule has 0 amide bonds. The SMILES string of the molecule is C=N/C(=C\C=C(/C)c1c(-c2ccc(C#N)cc2)nc(OC[C@@H]2CCCN(C)C2)n2ccnc12)N(C)C. The van der Waals surface area contributed by atoms with Gasteiger partial charge < -0.3 is 14.5 Å². The zero-order valence-electron chi connectivity index (χ0n) is 21.5. The van der Waals surface area contributed by atoms with E-state index in [9.17, 15) is 5.26 Å². The summed E-state index contributed by atoms with van der Waals surface area (Å²) in [4.78, 5) is 18.0. The Kier molecular flexibility index (Phi) is 7.81. The van der Waals surface area contributed by atoms with Gasteiger partial charge in [-0.3, -0.25) is 4.40 Å². The van der Waals surface area contributed by atoms with Crippen molar-refractivity contribution in [3.63, 3.8) is 0 Å². The van der Waals surface area contributed by atoms with Crippen LogP contribution < -0.4 is 4.74 Å². The van der Waals surface area contributed by atoms with Gasteiger partial charge >= 0.3 is 6.01 Å². The number of nitrogens with zero attached hydrogens (tertiary/aromatic N) is 7. The monoisotopic (exact) mass is 483 g/mol. The average molecular weight is 484 g/mol. The predicted molar refractivity (Wildman–Crippen MR) is 144 cm³/mol. The lowest BCUT2D eigenvalue weighted by Gasteiger charge is -2.29. The predicted octanol–water partition coefficient (Wildman–Crippen LogP) is 4.50. The zero-order valence-corrected chi connectivity index (χ0v) is 21.5. The molecule has 0 unspecified atom stereocenters. The van der Waals surface area contributed by atoms with E-state index in [1.165, 1.54) is 6.42 Å². The second kappa shape index (κ2) is 11.2. The maximum atomic E-state index is 9.27. The summed E-state index contributed by atoms with van der Waals surface area (Å²) < 4.78 is 8.24. The highest BCUT2D eigenvalue weighted by atomic mass is 16.5. The summed E-state index contributed by atoms with van der Waals surface area (Å²) in [6.45, 7) is 8.46. The summed E-state index contributed by atoms with van der Waals surface area (Å²) in [6, 6.07) is 10.2. The third kappa shape index (κ3) is 5.47. The van der Waals surface area contributed by atoms with Crippen LogP contribution in [0.4, 0.5) is 0 Å². The third-order valence-electron chi connectivity index (χ3n) is 6.47. The molecule has 1 aromatic carbocycles. The van der Waals surface area contributed by atoms with Crippen molar-refractivity contribution >= 4 is 17.9 Å². The van der Waals surface area contributed by atoms with Crippen LogP contribution >= 0.6 is 0 Å². The van der Waals surface area contributed by atoms with Crippen molar-refractivity contribution in [2.24, 2.45) is 10.9 Å². The van der Waals surface area contributed by atoms with Gasteiger partial charge in [-0.2, -0.15) is 10.2 Å². The van der Waals surface area contributed by atoms with Crippen LogP contribution in [0.15, 0.2) is 59.6 Å². The fraction of sp³-hybridized carbons (Fsp3) is 0.357. The van der Waals surface area contributed by atoms with E-state index in [1.54, 1.807) is 18.3 Å². The molecular formula is C28H33N7O. The molecule has 0 bridgehead atoms. The Balaban J connectivity index is 1.81. The molecule has 1 aliphatic heterocycles. The van der Waals surface area contributed by atoms with Gasteiger partial charge in [-0.1, -0.05) is 18.2 Å². The minimum absolute atomic E-state index is 0.463. The first kappa shape index (κ1) is 25.1. The average Bonchev–Trinajstić information content (AvgIpc) is 3.37. The third-order valence-corrected chi connectivity index (χ3v) is 6.47. The number of piperidine rings is 1. The molecule has 0 radical (unpaired) electrons. The van der Waals surface area contributed by atoms with Crippen molar-refractivity contribution in [3.8, 4) is 23.3 Å². The number of imidazole rings is 1. The lowest BCUT2D eigenvalue weighted by molar-refractivity contribution is 0.143. The number of hydrogen-bond donors (Lipinski definition) is 0. The number of nitriles is 1. The van der Waals surface area contributed by atoms with E-state index in [1.807, 2.05) is 60.8 Å². The second-order valence-corrected chi connectivity index (χ2v) is 9.44. The first-order chi connectivity index (χ1) is 17.4. The van der Waals surface area contributed by atoms with E-state index in [-0.39, 0.29) is 0 Å². The number of aliphatic imine (C=N–C) groups is 1. The van der Waals surface area contributed by atoms with Gasteiger partial charge in [0.15, 0.2) is 5.65 Å². The molecule has 8 nitrogen and oxygen atoms in total. The van der Waals surface area contributed by atoms with Crippen molar-refractivity contribution in [2.75, 3.05) is 40.8 Å². The molecule has 4 rings (SSSR count). The van der Waals surface area contributed by atoms with Gasteiger partial charge in [-0.25, -0.2) is 9.98 Å². The van der Waals surface area contributed by atoms with Gasteiger partial charge in [0, 0.05) is 50.1 Å². The minimum atomic E-state index is 0.463. The molecule has 0 spiro atoms. The lowest BCUT2D eigenvalue weighted by atomic mass is 9.99. The van der Waals surface area contributed by atoms with Gasteiger partial charge in [0.25, 0.3) is 0 Å². The van der Waals surface area contributed by atoms with Crippen LogP contribution in [0.3, 0.4) is 0 Å². The van der Waals surface area contributed by atoms with Crippen molar-refractivity contribution in [2.45, 2.75) is 19.8 Å². The van der Waals surface area contributed by atoms with Crippen LogP contribution in [-0.2, 0) is 0 Å². The van der Waals surface area contributed by atoms with Gasteiger partial charge in [0.2, 0.25) is 0 Å². The number of hydrogen-bond acceptors (Lipinski definition) is 7. The van der Waals surface area contributed by atoms with E-state index in [4.69, 9.17) is 9.72 Å². The first-order valence-corrected chi connectivity index (χ1v) is 12.1. The number of benzene rings is 1. The molecule has 0 aliphatic carbocycles. The zero-order chi connectivity index (χ0) is 25.7. The van der Waals surface area contributed by atoms with Crippen LogP contribution in [0.2, 0.25) is 0 Å². The number of fused-ring (bicyclic) bond motifs is 1. The summed E-state index contributed by atoms with van der Waals surface area (Å²) in [6.07, 6.45) is 9.91. The molecule has 36 heavy (non-hydrogen) atoms. The standard InChI is InChI=1S/C28H33N7O/c1-20(8-13-24(30-2)33(3)4)25-26(23-11-9-21(17-29)10-12-23)32-28(35-16-14-31-27(25)35)36-19-22-7-6-15-34(5)18-22/h8-14,16,22H,2,6-7,15,18-19H2,1,3-5H3/b20-8+,24-13+/t22-/m1/s1. The molecule has 186 valence electrons. The Morgan fingerprint density at radius 1 is 1.31 bits per heavy atom. The van der Waals surface area contributed by atoms with Crippen molar-refractivity contribution in [1.29, 1.82) is 5.26 Å². The molecule has 1 aliphatic rings. The van der Waals surface area contributed by atoms with Gasteiger partial charge in [-0.15, -0.1) is 0 Å². The second-order valence-electron chi connectivity index (χ2n) is 9.44. The normalized spacial score (nSPS) is 17.1. The molecule has 8 heteroatoms.